The van der Waals surface area contributed by atoms with Crippen molar-refractivity contribution in [2.24, 2.45) is 0 Å². The predicted molar refractivity (Wildman–Crippen MR) is 82.7 cm³/mol. The van der Waals surface area contributed by atoms with E-state index in [4.69, 9.17) is 10.2 Å². The zero-order chi connectivity index (χ0) is 14.5. The number of imidazole rings is 1. The maximum atomic E-state index is 9.02. The Morgan fingerprint density at radius 3 is 2.45 bits per heavy atom. The largest absolute Gasteiger partial charge is 0.328 e. The van der Waals surface area contributed by atoms with E-state index in [-0.39, 0.29) is 0 Å². The first kappa shape index (κ1) is 14.6. The number of fused-ring (bicyclic) bond motifs is 1. The lowest BCUT2D eigenvalue weighted by Gasteiger charge is -2.16. The Hall–Kier alpha value is -1.82. The summed E-state index contributed by atoms with van der Waals surface area (Å²) in [6.45, 7) is 7.56. The van der Waals surface area contributed by atoms with Gasteiger partial charge in [-0.2, -0.15) is 5.26 Å². The van der Waals surface area contributed by atoms with Gasteiger partial charge < -0.3 is 4.57 Å². The van der Waals surface area contributed by atoms with Crippen molar-refractivity contribution >= 4 is 11.0 Å². The third-order valence-electron chi connectivity index (χ3n) is 3.86. The molecule has 0 saturated carbocycles. The zero-order valence-electron chi connectivity index (χ0n) is 12.7. The molecular formula is C17H23N3. The summed E-state index contributed by atoms with van der Waals surface area (Å²) in [6.07, 6.45) is 4.73. The van der Waals surface area contributed by atoms with Crippen LogP contribution in [-0.2, 0) is 6.54 Å². The van der Waals surface area contributed by atoms with Crippen LogP contribution >= 0.6 is 0 Å². The molecule has 1 aromatic heterocycles. The minimum absolute atomic E-state index is 0.530. The summed E-state index contributed by atoms with van der Waals surface area (Å²) in [6, 6.07) is 8.01. The number of rotatable bonds is 6. The molecule has 106 valence electrons. The Morgan fingerprint density at radius 1 is 1.20 bits per heavy atom. The minimum atomic E-state index is 0.530. The van der Waals surface area contributed by atoms with Gasteiger partial charge in [0.2, 0.25) is 0 Å². The molecule has 0 spiro atoms. The average molecular weight is 269 g/mol. The number of aromatic nitrogens is 2. The summed E-state index contributed by atoms with van der Waals surface area (Å²) in [5, 5.41) is 9.02. The van der Waals surface area contributed by atoms with Crippen molar-refractivity contribution in [2.75, 3.05) is 0 Å². The van der Waals surface area contributed by atoms with E-state index < -0.39 is 0 Å². The van der Waals surface area contributed by atoms with Gasteiger partial charge in [0, 0.05) is 12.5 Å². The molecule has 0 aliphatic rings. The van der Waals surface area contributed by atoms with Crippen molar-refractivity contribution < 1.29 is 0 Å². The molecule has 2 aromatic rings. The molecule has 3 nitrogen and oxygen atoms in total. The molecule has 0 aliphatic heterocycles. The molecule has 0 radical (unpaired) electrons. The monoisotopic (exact) mass is 269 g/mol. The van der Waals surface area contributed by atoms with Crippen molar-refractivity contribution in [2.45, 2.75) is 58.9 Å². The second-order valence-electron chi connectivity index (χ2n) is 5.30. The van der Waals surface area contributed by atoms with Crippen LogP contribution in [0.1, 0.15) is 63.8 Å². The molecule has 0 atom stereocenters. The lowest BCUT2D eigenvalue weighted by Crippen LogP contribution is -2.08. The minimum Gasteiger partial charge on any atom is -0.328 e. The van der Waals surface area contributed by atoms with Gasteiger partial charge in [-0.3, -0.25) is 0 Å². The van der Waals surface area contributed by atoms with E-state index in [1.54, 1.807) is 0 Å². The van der Waals surface area contributed by atoms with Crippen molar-refractivity contribution in [3.8, 4) is 6.07 Å². The van der Waals surface area contributed by atoms with Crippen molar-refractivity contribution in [3.63, 3.8) is 0 Å². The molecule has 20 heavy (non-hydrogen) atoms. The highest BCUT2D eigenvalue weighted by molar-refractivity contribution is 5.77. The van der Waals surface area contributed by atoms with Crippen LogP contribution in [0.25, 0.3) is 11.0 Å². The fourth-order valence-electron chi connectivity index (χ4n) is 2.96. The molecular weight excluding hydrogens is 246 g/mol. The quantitative estimate of drug-likeness (QED) is 0.768. The van der Waals surface area contributed by atoms with E-state index in [2.05, 4.69) is 31.4 Å². The van der Waals surface area contributed by atoms with E-state index in [0.717, 1.165) is 17.6 Å². The van der Waals surface area contributed by atoms with Gasteiger partial charge in [-0.1, -0.05) is 26.7 Å². The second-order valence-corrected chi connectivity index (χ2v) is 5.30. The summed E-state index contributed by atoms with van der Waals surface area (Å²) in [5.74, 6) is 1.73. The van der Waals surface area contributed by atoms with Gasteiger partial charge in [0.15, 0.2) is 0 Å². The van der Waals surface area contributed by atoms with Crippen molar-refractivity contribution in [1.82, 2.24) is 9.55 Å². The highest BCUT2D eigenvalue weighted by Crippen LogP contribution is 2.29. The van der Waals surface area contributed by atoms with E-state index in [0.29, 0.717) is 11.5 Å². The standard InChI is InChI=1S/C17H23N3/c1-4-7-14(8-5-2)17-19-15-11-13(12-18)9-10-16(15)20(17)6-3/h9-11,14H,4-8H2,1-3H3. The molecule has 3 heteroatoms. The van der Waals surface area contributed by atoms with Gasteiger partial charge in [-0.25, -0.2) is 4.98 Å². The Labute approximate surface area is 121 Å². The molecule has 0 aliphatic carbocycles. The normalized spacial score (nSPS) is 11.2. The summed E-state index contributed by atoms with van der Waals surface area (Å²) < 4.78 is 2.31. The number of benzene rings is 1. The molecule has 2 rings (SSSR count). The Kier molecular flexibility index (Phi) is 4.79. The molecule has 1 heterocycles. The van der Waals surface area contributed by atoms with Crippen LogP contribution in [0, 0.1) is 11.3 Å². The number of nitriles is 1. The second kappa shape index (κ2) is 6.56. The predicted octanol–water partition coefficient (Wildman–Crippen LogP) is 4.61. The number of hydrogen-bond donors (Lipinski definition) is 0. The lowest BCUT2D eigenvalue weighted by molar-refractivity contribution is 0.511. The summed E-state index contributed by atoms with van der Waals surface area (Å²) in [5.41, 5.74) is 2.80. The fraction of sp³-hybridized carbons (Fsp3) is 0.529. The number of nitrogens with zero attached hydrogens (tertiary/aromatic N) is 3. The first-order chi connectivity index (χ1) is 9.74. The maximum Gasteiger partial charge on any atom is 0.112 e. The SMILES string of the molecule is CCCC(CCC)c1nc2cc(C#N)ccc2n1CC. The molecule has 0 unspecified atom stereocenters. The van der Waals surface area contributed by atoms with Crippen LogP contribution in [0.3, 0.4) is 0 Å². The number of aryl methyl sites for hydroxylation is 1. The summed E-state index contributed by atoms with van der Waals surface area (Å²) in [7, 11) is 0. The van der Waals surface area contributed by atoms with Crippen LogP contribution in [0.5, 0.6) is 0 Å². The smallest absolute Gasteiger partial charge is 0.112 e. The molecule has 1 aromatic carbocycles. The maximum absolute atomic E-state index is 9.02. The molecule has 0 amide bonds. The third-order valence-corrected chi connectivity index (χ3v) is 3.86. The van der Waals surface area contributed by atoms with Gasteiger partial charge in [-0.15, -0.1) is 0 Å². The first-order valence-electron chi connectivity index (χ1n) is 7.65. The highest BCUT2D eigenvalue weighted by atomic mass is 15.1. The Balaban J connectivity index is 2.53. The molecule has 0 N–H and O–H groups in total. The van der Waals surface area contributed by atoms with E-state index in [1.807, 2.05) is 18.2 Å². The van der Waals surface area contributed by atoms with Crippen molar-refractivity contribution in [1.29, 1.82) is 5.26 Å². The van der Waals surface area contributed by atoms with Crippen LogP contribution < -0.4 is 0 Å². The fourth-order valence-corrected chi connectivity index (χ4v) is 2.96. The molecule has 0 saturated heterocycles. The summed E-state index contributed by atoms with van der Waals surface area (Å²) >= 11 is 0. The van der Waals surface area contributed by atoms with Crippen LogP contribution in [0.15, 0.2) is 18.2 Å². The molecule has 0 fully saturated rings. The zero-order valence-corrected chi connectivity index (χ0v) is 12.7. The van der Waals surface area contributed by atoms with Gasteiger partial charge in [0.1, 0.15) is 5.82 Å². The average Bonchev–Trinajstić information content (AvgIpc) is 2.84. The van der Waals surface area contributed by atoms with E-state index in [1.165, 1.54) is 31.5 Å². The Bertz CT molecular complexity index is 613. The molecule has 0 bridgehead atoms. The Morgan fingerprint density at radius 2 is 1.90 bits per heavy atom. The van der Waals surface area contributed by atoms with Crippen LogP contribution in [-0.4, -0.2) is 9.55 Å². The van der Waals surface area contributed by atoms with Gasteiger partial charge >= 0.3 is 0 Å². The van der Waals surface area contributed by atoms with Gasteiger partial charge in [-0.05, 0) is 38.0 Å². The van der Waals surface area contributed by atoms with Crippen LogP contribution in [0.4, 0.5) is 0 Å². The first-order valence-corrected chi connectivity index (χ1v) is 7.65. The third kappa shape index (κ3) is 2.70. The highest BCUT2D eigenvalue weighted by Gasteiger charge is 2.18. The van der Waals surface area contributed by atoms with Crippen molar-refractivity contribution in [3.05, 3.63) is 29.6 Å². The topological polar surface area (TPSA) is 41.6 Å². The van der Waals surface area contributed by atoms with Crippen LogP contribution in [0.2, 0.25) is 0 Å². The lowest BCUT2D eigenvalue weighted by atomic mass is 9.97. The van der Waals surface area contributed by atoms with Gasteiger partial charge in [0.05, 0.1) is 22.7 Å². The number of hydrogen-bond acceptors (Lipinski definition) is 2. The van der Waals surface area contributed by atoms with E-state index >= 15 is 0 Å². The summed E-state index contributed by atoms with van der Waals surface area (Å²) in [4.78, 5) is 4.84. The van der Waals surface area contributed by atoms with E-state index in [9.17, 15) is 0 Å². The van der Waals surface area contributed by atoms with Gasteiger partial charge in [0.25, 0.3) is 0 Å².